The summed E-state index contributed by atoms with van der Waals surface area (Å²) in [6.45, 7) is 2.07. The lowest BCUT2D eigenvalue weighted by atomic mass is 10.0. The van der Waals surface area contributed by atoms with Gasteiger partial charge in [-0.3, -0.25) is 9.89 Å². The molecule has 0 saturated heterocycles. The Bertz CT molecular complexity index is 712. The van der Waals surface area contributed by atoms with Crippen LogP contribution >= 0.6 is 15.9 Å². The van der Waals surface area contributed by atoms with Crippen molar-refractivity contribution in [1.29, 1.82) is 0 Å². The number of methoxy groups -OCH3 is 1. The summed E-state index contributed by atoms with van der Waals surface area (Å²) >= 11 is 3.45. The molecule has 1 fully saturated rings. The summed E-state index contributed by atoms with van der Waals surface area (Å²) in [6.07, 6.45) is 3.59. The molecule has 1 amide bonds. The number of aromatic nitrogens is 2. The molecule has 1 heterocycles. The Labute approximate surface area is 150 Å². The van der Waals surface area contributed by atoms with E-state index in [1.165, 1.54) is 0 Å². The molecule has 0 spiro atoms. The first-order chi connectivity index (χ1) is 11.6. The highest BCUT2D eigenvalue weighted by molar-refractivity contribution is 9.10. The van der Waals surface area contributed by atoms with Crippen LogP contribution in [0.25, 0.3) is 11.3 Å². The molecule has 0 bridgehead atoms. The van der Waals surface area contributed by atoms with Crippen LogP contribution in [0, 0.1) is 5.92 Å². The molecule has 2 atom stereocenters. The number of ether oxygens (including phenoxy) is 1. The average Bonchev–Trinajstić information content (AvgIpc) is 3.22. The lowest BCUT2D eigenvalue weighted by Gasteiger charge is -2.11. The van der Waals surface area contributed by atoms with Crippen LogP contribution in [0.4, 0.5) is 5.82 Å². The Morgan fingerprint density at radius 2 is 2.12 bits per heavy atom. The van der Waals surface area contributed by atoms with Crippen LogP contribution in [0.1, 0.15) is 31.7 Å². The van der Waals surface area contributed by atoms with Gasteiger partial charge in [0.05, 0.1) is 11.8 Å². The van der Waals surface area contributed by atoms with E-state index in [1.54, 1.807) is 7.11 Å². The van der Waals surface area contributed by atoms with E-state index in [1.807, 2.05) is 24.3 Å². The lowest BCUT2D eigenvalue weighted by molar-refractivity contribution is -0.120. The molecule has 6 heteroatoms. The smallest absolute Gasteiger partial charge is 0.228 e. The van der Waals surface area contributed by atoms with Crippen LogP contribution < -0.4 is 5.32 Å². The zero-order valence-corrected chi connectivity index (χ0v) is 15.5. The highest BCUT2D eigenvalue weighted by atomic mass is 79.9. The lowest BCUT2D eigenvalue weighted by Crippen LogP contribution is -2.22. The molecule has 2 aromatic rings. The van der Waals surface area contributed by atoms with Gasteiger partial charge in [0.2, 0.25) is 5.91 Å². The van der Waals surface area contributed by atoms with Crippen molar-refractivity contribution in [1.82, 2.24) is 10.2 Å². The topological polar surface area (TPSA) is 67.0 Å². The molecule has 1 aliphatic carbocycles. The number of nitrogens with zero attached hydrogens (tertiary/aromatic N) is 1. The van der Waals surface area contributed by atoms with Crippen molar-refractivity contribution in [2.75, 3.05) is 12.4 Å². The van der Waals surface area contributed by atoms with Gasteiger partial charge in [-0.15, -0.1) is 0 Å². The quantitative estimate of drug-likeness (QED) is 0.803. The van der Waals surface area contributed by atoms with Crippen molar-refractivity contribution in [3.63, 3.8) is 0 Å². The molecule has 24 heavy (non-hydrogen) atoms. The van der Waals surface area contributed by atoms with E-state index in [0.717, 1.165) is 47.0 Å². The molecule has 2 unspecified atom stereocenters. The molecule has 3 rings (SSSR count). The number of rotatable bonds is 5. The Kier molecular flexibility index (Phi) is 5.36. The van der Waals surface area contributed by atoms with Crippen molar-refractivity contribution in [2.45, 2.75) is 38.7 Å². The number of H-pyrrole nitrogens is 1. The fourth-order valence-corrected chi connectivity index (χ4v) is 3.54. The number of carbonyl (C=O) groups excluding carboxylic acids is 1. The first-order valence-corrected chi connectivity index (χ1v) is 9.08. The van der Waals surface area contributed by atoms with Crippen LogP contribution in [0.2, 0.25) is 0 Å². The van der Waals surface area contributed by atoms with Gasteiger partial charge >= 0.3 is 0 Å². The molecule has 1 aliphatic rings. The van der Waals surface area contributed by atoms with E-state index < -0.39 is 0 Å². The van der Waals surface area contributed by atoms with E-state index in [4.69, 9.17) is 4.74 Å². The van der Waals surface area contributed by atoms with Crippen molar-refractivity contribution < 1.29 is 9.53 Å². The van der Waals surface area contributed by atoms with Gasteiger partial charge in [0.25, 0.3) is 0 Å². The summed E-state index contributed by atoms with van der Waals surface area (Å²) in [7, 11) is 1.71. The number of hydrogen-bond acceptors (Lipinski definition) is 3. The van der Waals surface area contributed by atoms with Crippen molar-refractivity contribution in [3.8, 4) is 11.3 Å². The first kappa shape index (κ1) is 17.2. The highest BCUT2D eigenvalue weighted by Gasteiger charge is 2.30. The third kappa shape index (κ3) is 3.54. The van der Waals surface area contributed by atoms with Crippen LogP contribution in [-0.4, -0.2) is 29.3 Å². The van der Waals surface area contributed by atoms with E-state index in [0.29, 0.717) is 5.82 Å². The molecule has 5 nitrogen and oxygen atoms in total. The molecule has 1 aromatic carbocycles. The predicted molar refractivity (Wildman–Crippen MR) is 97.9 cm³/mol. The average molecular weight is 392 g/mol. The Morgan fingerprint density at radius 1 is 1.38 bits per heavy atom. The van der Waals surface area contributed by atoms with Crippen LogP contribution in [-0.2, 0) is 16.0 Å². The second kappa shape index (κ2) is 7.49. The summed E-state index contributed by atoms with van der Waals surface area (Å²) in [6, 6.07) is 8.06. The third-order valence-corrected chi connectivity index (χ3v) is 5.21. The van der Waals surface area contributed by atoms with Crippen molar-refractivity contribution >= 4 is 27.7 Å². The fraction of sp³-hybridized carbons (Fsp3) is 0.444. The Balaban J connectivity index is 1.77. The highest BCUT2D eigenvalue weighted by Crippen LogP contribution is 2.31. The molecular weight excluding hydrogens is 370 g/mol. The number of nitrogens with one attached hydrogen (secondary N) is 2. The van der Waals surface area contributed by atoms with Gasteiger partial charge in [-0.25, -0.2) is 0 Å². The number of benzene rings is 1. The second-order valence-corrected chi connectivity index (χ2v) is 7.06. The van der Waals surface area contributed by atoms with Crippen LogP contribution in [0.15, 0.2) is 28.7 Å². The summed E-state index contributed by atoms with van der Waals surface area (Å²) in [5.41, 5.74) is 3.05. The molecular formula is C18H22BrN3O2. The monoisotopic (exact) mass is 391 g/mol. The molecule has 1 aromatic heterocycles. The molecule has 0 aliphatic heterocycles. The summed E-state index contributed by atoms with van der Waals surface area (Å²) in [5, 5.41) is 10.4. The van der Waals surface area contributed by atoms with Gasteiger partial charge in [-0.1, -0.05) is 35.0 Å². The van der Waals surface area contributed by atoms with Gasteiger partial charge in [-0.2, -0.15) is 5.10 Å². The van der Waals surface area contributed by atoms with E-state index in [2.05, 4.69) is 38.4 Å². The van der Waals surface area contributed by atoms with Gasteiger partial charge < -0.3 is 10.1 Å². The fourth-order valence-electron chi connectivity index (χ4n) is 3.28. The SMILES string of the molecule is CCc1c(NC(=O)C2CCC(OC)C2)n[nH]c1-c1ccc(Br)cc1. The molecule has 128 valence electrons. The minimum atomic E-state index is 0.00693. The standard InChI is InChI=1S/C18H22BrN3O2/c1-3-15-16(11-4-7-13(19)8-5-11)21-22-17(15)20-18(23)12-6-9-14(10-12)24-2/h4-5,7-8,12,14H,3,6,9-10H2,1-2H3,(H2,20,21,22,23). The van der Waals surface area contributed by atoms with Gasteiger partial charge in [0.15, 0.2) is 5.82 Å². The Morgan fingerprint density at radius 3 is 2.75 bits per heavy atom. The van der Waals surface area contributed by atoms with Crippen molar-refractivity contribution in [2.24, 2.45) is 5.92 Å². The molecule has 1 saturated carbocycles. The summed E-state index contributed by atoms with van der Waals surface area (Å²) < 4.78 is 6.39. The largest absolute Gasteiger partial charge is 0.381 e. The number of anilines is 1. The maximum absolute atomic E-state index is 12.5. The minimum Gasteiger partial charge on any atom is -0.381 e. The summed E-state index contributed by atoms with van der Waals surface area (Å²) in [4.78, 5) is 12.5. The number of hydrogen-bond donors (Lipinski definition) is 2. The van der Waals surface area contributed by atoms with Crippen molar-refractivity contribution in [3.05, 3.63) is 34.3 Å². The van der Waals surface area contributed by atoms with E-state index in [9.17, 15) is 4.79 Å². The predicted octanol–water partition coefficient (Wildman–Crippen LogP) is 4.16. The third-order valence-electron chi connectivity index (χ3n) is 4.68. The van der Waals surface area contributed by atoms with Crippen LogP contribution in [0.3, 0.4) is 0 Å². The first-order valence-electron chi connectivity index (χ1n) is 8.29. The van der Waals surface area contributed by atoms with E-state index in [-0.39, 0.29) is 17.9 Å². The maximum atomic E-state index is 12.5. The number of halogens is 1. The van der Waals surface area contributed by atoms with Crippen LogP contribution in [0.5, 0.6) is 0 Å². The number of amides is 1. The molecule has 0 radical (unpaired) electrons. The second-order valence-electron chi connectivity index (χ2n) is 6.14. The van der Waals surface area contributed by atoms with Gasteiger partial charge in [-0.05, 0) is 43.4 Å². The zero-order chi connectivity index (χ0) is 17.1. The normalized spacial score (nSPS) is 20.3. The number of carbonyl (C=O) groups is 1. The zero-order valence-electron chi connectivity index (χ0n) is 13.9. The van der Waals surface area contributed by atoms with Gasteiger partial charge in [0.1, 0.15) is 0 Å². The molecule has 2 N–H and O–H groups in total. The van der Waals surface area contributed by atoms with E-state index >= 15 is 0 Å². The summed E-state index contributed by atoms with van der Waals surface area (Å²) in [5.74, 6) is 0.687. The van der Waals surface area contributed by atoms with Gasteiger partial charge in [0, 0.05) is 23.1 Å². The minimum absolute atomic E-state index is 0.00693. The Hall–Kier alpha value is -1.66. The number of aromatic amines is 1. The maximum Gasteiger partial charge on any atom is 0.228 e.